The van der Waals surface area contributed by atoms with Gasteiger partial charge in [0.15, 0.2) is 0 Å². The van der Waals surface area contributed by atoms with E-state index < -0.39 is 0 Å². The number of aryl methyl sites for hydroxylation is 1. The average molecular weight is 209 g/mol. The van der Waals surface area contributed by atoms with Crippen LogP contribution in [0.4, 0.5) is 0 Å². The molecule has 1 aliphatic carbocycles. The minimum absolute atomic E-state index is 0.301. The first kappa shape index (κ1) is 10.2. The second-order valence-electron chi connectivity index (χ2n) is 4.39. The van der Waals surface area contributed by atoms with E-state index in [-0.39, 0.29) is 0 Å². The summed E-state index contributed by atoms with van der Waals surface area (Å²) in [6.45, 7) is 2.18. The number of rotatable bonds is 2. The van der Waals surface area contributed by atoms with E-state index in [0.717, 1.165) is 5.92 Å². The zero-order valence-corrected chi connectivity index (χ0v) is 9.65. The molecule has 78 valence electrons. The van der Waals surface area contributed by atoms with E-state index in [1.807, 2.05) is 11.3 Å². The van der Waals surface area contributed by atoms with Crippen LogP contribution in [0.1, 0.15) is 48.6 Å². The molecule has 2 rings (SSSR count). The Hall–Kier alpha value is -0.340. The molecule has 0 aromatic carbocycles. The van der Waals surface area contributed by atoms with Gasteiger partial charge in [0.05, 0.1) is 0 Å². The Morgan fingerprint density at radius 1 is 1.36 bits per heavy atom. The fraction of sp³-hybridized carbons (Fsp3) is 0.667. The van der Waals surface area contributed by atoms with E-state index >= 15 is 0 Å². The summed E-state index contributed by atoms with van der Waals surface area (Å²) in [6.07, 6.45) is 6.83. The van der Waals surface area contributed by atoms with Crippen molar-refractivity contribution in [2.75, 3.05) is 0 Å². The largest absolute Gasteiger partial charge is 0.323 e. The lowest BCUT2D eigenvalue weighted by Crippen LogP contribution is -2.23. The highest BCUT2D eigenvalue weighted by Gasteiger charge is 2.23. The Kier molecular flexibility index (Phi) is 3.24. The summed E-state index contributed by atoms with van der Waals surface area (Å²) >= 11 is 1.83. The highest BCUT2D eigenvalue weighted by Crippen LogP contribution is 2.35. The predicted octanol–water partition coefficient (Wildman–Crippen LogP) is 3.64. The highest BCUT2D eigenvalue weighted by molar-refractivity contribution is 7.10. The van der Waals surface area contributed by atoms with Gasteiger partial charge in [-0.25, -0.2) is 0 Å². The lowest BCUT2D eigenvalue weighted by atomic mass is 9.83. The molecule has 1 atom stereocenters. The van der Waals surface area contributed by atoms with Gasteiger partial charge in [-0.05, 0) is 42.7 Å². The molecule has 0 aliphatic heterocycles. The third-order valence-corrected chi connectivity index (χ3v) is 4.48. The zero-order valence-electron chi connectivity index (χ0n) is 8.83. The van der Waals surface area contributed by atoms with Crippen LogP contribution in [-0.4, -0.2) is 0 Å². The molecule has 0 amide bonds. The van der Waals surface area contributed by atoms with Gasteiger partial charge in [0, 0.05) is 10.9 Å². The average Bonchev–Trinajstić information content (AvgIpc) is 2.65. The summed E-state index contributed by atoms with van der Waals surface area (Å²) in [6, 6.07) is 2.48. The summed E-state index contributed by atoms with van der Waals surface area (Å²) in [5, 5.41) is 2.16. The Morgan fingerprint density at radius 3 is 2.64 bits per heavy atom. The summed E-state index contributed by atoms with van der Waals surface area (Å²) < 4.78 is 0. The van der Waals surface area contributed by atoms with E-state index in [1.54, 1.807) is 0 Å². The van der Waals surface area contributed by atoms with Crippen molar-refractivity contribution in [2.24, 2.45) is 11.7 Å². The van der Waals surface area contributed by atoms with Crippen LogP contribution in [0.3, 0.4) is 0 Å². The molecule has 1 heterocycles. The SMILES string of the molecule is Cc1ccsc1[C@@H](N)C1CCCCC1. The van der Waals surface area contributed by atoms with Gasteiger partial charge in [-0.2, -0.15) is 0 Å². The van der Waals surface area contributed by atoms with Gasteiger partial charge in [-0.15, -0.1) is 11.3 Å². The maximum absolute atomic E-state index is 6.33. The van der Waals surface area contributed by atoms with Gasteiger partial charge in [-0.1, -0.05) is 19.3 Å². The van der Waals surface area contributed by atoms with Gasteiger partial charge in [0.25, 0.3) is 0 Å². The molecule has 1 nitrogen and oxygen atoms in total. The standard InChI is InChI=1S/C12H19NS/c1-9-7-8-14-12(9)11(13)10-5-3-2-4-6-10/h7-8,10-11H,2-6,13H2,1H3/t11-/m0/s1. The maximum atomic E-state index is 6.33. The normalized spacial score (nSPS) is 21.0. The van der Waals surface area contributed by atoms with Crippen LogP contribution < -0.4 is 5.73 Å². The van der Waals surface area contributed by atoms with Crippen LogP contribution in [0, 0.1) is 12.8 Å². The molecule has 1 aromatic heterocycles. The second kappa shape index (κ2) is 4.45. The Bertz CT molecular complexity index is 286. The number of hydrogen-bond donors (Lipinski definition) is 1. The maximum Gasteiger partial charge on any atom is 0.0421 e. The summed E-state index contributed by atoms with van der Waals surface area (Å²) in [4.78, 5) is 1.41. The molecule has 0 saturated heterocycles. The lowest BCUT2D eigenvalue weighted by Gasteiger charge is -2.27. The van der Waals surface area contributed by atoms with Crippen LogP contribution in [0.25, 0.3) is 0 Å². The first-order valence-electron chi connectivity index (χ1n) is 5.58. The van der Waals surface area contributed by atoms with Crippen molar-refractivity contribution in [3.63, 3.8) is 0 Å². The van der Waals surface area contributed by atoms with Gasteiger partial charge in [-0.3, -0.25) is 0 Å². The van der Waals surface area contributed by atoms with Crippen molar-refractivity contribution in [2.45, 2.75) is 45.1 Å². The Balaban J connectivity index is 2.07. The van der Waals surface area contributed by atoms with E-state index in [9.17, 15) is 0 Å². The number of nitrogens with two attached hydrogens (primary N) is 1. The Labute approximate surface area is 90.3 Å². The van der Waals surface area contributed by atoms with Crippen molar-refractivity contribution < 1.29 is 0 Å². The number of thiophene rings is 1. The van der Waals surface area contributed by atoms with Gasteiger partial charge >= 0.3 is 0 Å². The minimum atomic E-state index is 0.301. The zero-order chi connectivity index (χ0) is 9.97. The van der Waals surface area contributed by atoms with E-state index in [2.05, 4.69) is 18.4 Å². The monoisotopic (exact) mass is 209 g/mol. The van der Waals surface area contributed by atoms with Crippen LogP contribution in [0.2, 0.25) is 0 Å². The van der Waals surface area contributed by atoms with Gasteiger partial charge in [0.2, 0.25) is 0 Å². The van der Waals surface area contributed by atoms with E-state index in [0.29, 0.717) is 6.04 Å². The van der Waals surface area contributed by atoms with E-state index in [1.165, 1.54) is 42.5 Å². The van der Waals surface area contributed by atoms with Crippen molar-refractivity contribution in [1.29, 1.82) is 0 Å². The number of hydrogen-bond acceptors (Lipinski definition) is 2. The topological polar surface area (TPSA) is 26.0 Å². The predicted molar refractivity (Wildman–Crippen MR) is 62.6 cm³/mol. The van der Waals surface area contributed by atoms with Crippen molar-refractivity contribution in [3.05, 3.63) is 21.9 Å². The molecular weight excluding hydrogens is 190 g/mol. The fourth-order valence-electron chi connectivity index (χ4n) is 2.43. The van der Waals surface area contributed by atoms with Crippen molar-refractivity contribution in [1.82, 2.24) is 0 Å². The molecule has 14 heavy (non-hydrogen) atoms. The highest BCUT2D eigenvalue weighted by atomic mass is 32.1. The second-order valence-corrected chi connectivity index (χ2v) is 5.34. The van der Waals surface area contributed by atoms with Crippen LogP contribution in [-0.2, 0) is 0 Å². The summed E-state index contributed by atoms with van der Waals surface area (Å²) in [5.41, 5.74) is 7.71. The molecule has 0 bridgehead atoms. The van der Waals surface area contributed by atoms with Gasteiger partial charge in [0.1, 0.15) is 0 Å². The van der Waals surface area contributed by atoms with Crippen LogP contribution in [0.15, 0.2) is 11.4 Å². The fourth-order valence-corrected chi connectivity index (χ4v) is 3.46. The molecule has 1 saturated carbocycles. The van der Waals surface area contributed by atoms with Crippen molar-refractivity contribution in [3.8, 4) is 0 Å². The molecule has 1 aliphatic rings. The molecule has 0 radical (unpaired) electrons. The quantitative estimate of drug-likeness (QED) is 0.790. The first-order chi connectivity index (χ1) is 6.79. The van der Waals surface area contributed by atoms with Gasteiger partial charge < -0.3 is 5.73 Å². The molecule has 2 N–H and O–H groups in total. The smallest absolute Gasteiger partial charge is 0.0421 e. The molecule has 1 fully saturated rings. The third kappa shape index (κ3) is 2.01. The molecule has 1 aromatic rings. The van der Waals surface area contributed by atoms with E-state index in [4.69, 9.17) is 5.73 Å². The van der Waals surface area contributed by atoms with Crippen LogP contribution in [0.5, 0.6) is 0 Å². The first-order valence-corrected chi connectivity index (χ1v) is 6.46. The minimum Gasteiger partial charge on any atom is -0.323 e. The summed E-state index contributed by atoms with van der Waals surface area (Å²) in [5.74, 6) is 0.737. The molecule has 0 spiro atoms. The molecule has 0 unspecified atom stereocenters. The van der Waals surface area contributed by atoms with Crippen molar-refractivity contribution >= 4 is 11.3 Å². The lowest BCUT2D eigenvalue weighted by molar-refractivity contribution is 0.310. The third-order valence-electron chi connectivity index (χ3n) is 3.36. The summed E-state index contributed by atoms with van der Waals surface area (Å²) in [7, 11) is 0. The Morgan fingerprint density at radius 2 is 2.07 bits per heavy atom. The van der Waals surface area contributed by atoms with Crippen LogP contribution >= 0.6 is 11.3 Å². The molecule has 2 heteroatoms. The molecular formula is C12H19NS.